The van der Waals surface area contributed by atoms with Crippen molar-refractivity contribution in [2.24, 2.45) is 0 Å². The van der Waals surface area contributed by atoms with Crippen LogP contribution >= 0.6 is 11.6 Å². The zero-order chi connectivity index (χ0) is 19.2. The van der Waals surface area contributed by atoms with Crippen molar-refractivity contribution in [1.82, 2.24) is 4.98 Å². The summed E-state index contributed by atoms with van der Waals surface area (Å²) in [4.78, 5) is 31.1. The number of rotatable bonds is 5. The van der Waals surface area contributed by atoms with Crippen LogP contribution in [-0.4, -0.2) is 23.3 Å². The third kappa shape index (κ3) is 4.51. The van der Waals surface area contributed by atoms with Crippen molar-refractivity contribution >= 4 is 34.8 Å². The van der Waals surface area contributed by atoms with E-state index in [0.29, 0.717) is 22.8 Å². The number of anilines is 2. The number of para-hydroxylation sites is 1. The molecular formula is C21H18ClN3O2. The Morgan fingerprint density at radius 1 is 1.04 bits per heavy atom. The van der Waals surface area contributed by atoms with Gasteiger partial charge in [-0.15, -0.1) is 0 Å². The lowest BCUT2D eigenvalue weighted by atomic mass is 10.1. The average molecular weight is 380 g/mol. The summed E-state index contributed by atoms with van der Waals surface area (Å²) in [5, 5.41) is 3.25. The molecule has 1 N–H and O–H groups in total. The highest BCUT2D eigenvalue weighted by atomic mass is 35.5. The molecule has 0 aliphatic heterocycles. The van der Waals surface area contributed by atoms with Crippen LogP contribution in [0.1, 0.15) is 27.8 Å². The predicted octanol–water partition coefficient (Wildman–Crippen LogP) is 4.65. The number of hydrogen-bond donors (Lipinski definition) is 1. The lowest BCUT2D eigenvalue weighted by Crippen LogP contribution is -2.30. The molecule has 1 heterocycles. The quantitative estimate of drug-likeness (QED) is 0.701. The normalized spacial score (nSPS) is 10.3. The van der Waals surface area contributed by atoms with Gasteiger partial charge in [0.1, 0.15) is 5.69 Å². The predicted molar refractivity (Wildman–Crippen MR) is 107 cm³/mol. The number of nitrogens with one attached hydrogen (secondary N) is 1. The summed E-state index contributed by atoms with van der Waals surface area (Å²) in [6, 6.07) is 19.3. The van der Waals surface area contributed by atoms with E-state index in [1.807, 2.05) is 37.3 Å². The van der Waals surface area contributed by atoms with Gasteiger partial charge in [0.05, 0.1) is 0 Å². The van der Waals surface area contributed by atoms with E-state index in [1.54, 1.807) is 35.2 Å². The second-order valence-electron chi connectivity index (χ2n) is 5.78. The highest BCUT2D eigenvalue weighted by Crippen LogP contribution is 2.18. The number of carbonyl (C=O) groups excluding carboxylic acids is 2. The molecule has 1 aromatic heterocycles. The maximum atomic E-state index is 12.9. The van der Waals surface area contributed by atoms with Crippen LogP contribution in [0.15, 0.2) is 72.9 Å². The molecule has 2 amide bonds. The zero-order valence-electron chi connectivity index (χ0n) is 14.7. The van der Waals surface area contributed by atoms with Gasteiger partial charge in [0.25, 0.3) is 11.8 Å². The van der Waals surface area contributed by atoms with Crippen molar-refractivity contribution in [3.63, 3.8) is 0 Å². The van der Waals surface area contributed by atoms with E-state index in [1.165, 1.54) is 12.3 Å². The van der Waals surface area contributed by atoms with Crippen LogP contribution in [0.3, 0.4) is 0 Å². The van der Waals surface area contributed by atoms with Gasteiger partial charge in [-0.25, -0.2) is 0 Å². The first-order chi connectivity index (χ1) is 13.1. The zero-order valence-corrected chi connectivity index (χ0v) is 15.5. The average Bonchev–Trinajstić information content (AvgIpc) is 2.69. The van der Waals surface area contributed by atoms with Crippen LogP contribution in [0.4, 0.5) is 11.4 Å². The Bertz CT molecular complexity index is 960. The van der Waals surface area contributed by atoms with Crippen molar-refractivity contribution in [1.29, 1.82) is 0 Å². The summed E-state index contributed by atoms with van der Waals surface area (Å²) in [5.41, 5.74) is 1.91. The molecule has 0 aliphatic carbocycles. The Kier molecular flexibility index (Phi) is 5.84. The summed E-state index contributed by atoms with van der Waals surface area (Å²) in [5.74, 6) is -0.599. The largest absolute Gasteiger partial charge is 0.321 e. The minimum atomic E-state index is -0.408. The van der Waals surface area contributed by atoms with E-state index in [9.17, 15) is 9.59 Å². The highest BCUT2D eigenvalue weighted by molar-refractivity contribution is 6.31. The molecule has 6 heteroatoms. The number of aromatic nitrogens is 1. The van der Waals surface area contributed by atoms with Gasteiger partial charge in [0, 0.05) is 34.7 Å². The molecule has 0 unspecified atom stereocenters. The maximum absolute atomic E-state index is 12.9. The number of amides is 2. The van der Waals surface area contributed by atoms with E-state index in [2.05, 4.69) is 10.3 Å². The molecule has 136 valence electrons. The lowest BCUT2D eigenvalue weighted by Gasteiger charge is -2.21. The number of pyridine rings is 1. The molecule has 0 saturated heterocycles. The SMILES string of the molecule is CCN(C(=O)c1ccnc(C(=O)Nc2cccc(Cl)c2)c1)c1ccccc1. The molecule has 2 aromatic carbocycles. The first-order valence-electron chi connectivity index (χ1n) is 8.48. The first-order valence-corrected chi connectivity index (χ1v) is 8.86. The van der Waals surface area contributed by atoms with Crippen LogP contribution < -0.4 is 10.2 Å². The molecule has 5 nitrogen and oxygen atoms in total. The molecule has 0 saturated carbocycles. The molecule has 0 aliphatic rings. The molecule has 3 aromatic rings. The molecular weight excluding hydrogens is 362 g/mol. The van der Waals surface area contributed by atoms with Crippen LogP contribution in [-0.2, 0) is 0 Å². The van der Waals surface area contributed by atoms with Crippen LogP contribution in [0.5, 0.6) is 0 Å². The van der Waals surface area contributed by atoms with Gasteiger partial charge >= 0.3 is 0 Å². The smallest absolute Gasteiger partial charge is 0.274 e. The highest BCUT2D eigenvalue weighted by Gasteiger charge is 2.18. The third-order valence-corrected chi connectivity index (χ3v) is 4.19. The summed E-state index contributed by atoms with van der Waals surface area (Å²) >= 11 is 5.93. The Morgan fingerprint density at radius 2 is 1.81 bits per heavy atom. The minimum Gasteiger partial charge on any atom is -0.321 e. The van der Waals surface area contributed by atoms with Crippen molar-refractivity contribution in [2.45, 2.75) is 6.92 Å². The van der Waals surface area contributed by atoms with Gasteiger partial charge in [-0.2, -0.15) is 0 Å². The summed E-state index contributed by atoms with van der Waals surface area (Å²) in [7, 11) is 0. The Hall–Kier alpha value is -3.18. The molecule has 27 heavy (non-hydrogen) atoms. The minimum absolute atomic E-state index is 0.157. The Morgan fingerprint density at radius 3 is 2.52 bits per heavy atom. The van der Waals surface area contributed by atoms with Gasteiger partial charge in [-0.1, -0.05) is 35.9 Å². The van der Waals surface area contributed by atoms with E-state index >= 15 is 0 Å². The Labute approximate surface area is 162 Å². The topological polar surface area (TPSA) is 62.3 Å². The molecule has 0 fully saturated rings. The van der Waals surface area contributed by atoms with Crippen molar-refractivity contribution in [3.05, 3.63) is 89.2 Å². The summed E-state index contributed by atoms with van der Waals surface area (Å²) in [6.07, 6.45) is 1.46. The number of hydrogen-bond acceptors (Lipinski definition) is 3. The molecule has 0 radical (unpaired) electrons. The first kappa shape index (κ1) is 18.6. The van der Waals surface area contributed by atoms with Gasteiger partial charge in [-0.3, -0.25) is 14.6 Å². The van der Waals surface area contributed by atoms with Crippen LogP contribution in [0, 0.1) is 0 Å². The van der Waals surface area contributed by atoms with E-state index in [0.717, 1.165) is 5.69 Å². The summed E-state index contributed by atoms with van der Waals surface area (Å²) < 4.78 is 0. The van der Waals surface area contributed by atoms with Crippen molar-refractivity contribution in [2.75, 3.05) is 16.8 Å². The van der Waals surface area contributed by atoms with Crippen molar-refractivity contribution in [3.8, 4) is 0 Å². The number of nitrogens with zero attached hydrogens (tertiary/aromatic N) is 2. The fraction of sp³-hybridized carbons (Fsp3) is 0.0952. The molecule has 0 atom stereocenters. The van der Waals surface area contributed by atoms with E-state index in [-0.39, 0.29) is 11.6 Å². The Balaban J connectivity index is 1.82. The third-order valence-electron chi connectivity index (χ3n) is 3.95. The van der Waals surface area contributed by atoms with Gasteiger partial charge in [-0.05, 0) is 49.4 Å². The molecule has 3 rings (SSSR count). The number of carbonyl (C=O) groups is 2. The van der Waals surface area contributed by atoms with Gasteiger partial charge in [0.15, 0.2) is 0 Å². The van der Waals surface area contributed by atoms with Gasteiger partial charge in [0.2, 0.25) is 0 Å². The van der Waals surface area contributed by atoms with Crippen LogP contribution in [0.25, 0.3) is 0 Å². The second kappa shape index (κ2) is 8.47. The second-order valence-corrected chi connectivity index (χ2v) is 6.22. The van der Waals surface area contributed by atoms with Crippen LogP contribution in [0.2, 0.25) is 5.02 Å². The lowest BCUT2D eigenvalue weighted by molar-refractivity contribution is 0.0988. The standard InChI is InChI=1S/C21H18ClN3O2/c1-2-25(18-9-4-3-5-10-18)21(27)15-11-12-23-19(13-15)20(26)24-17-8-6-7-16(22)14-17/h3-14H,2H2,1H3,(H,24,26). The molecule has 0 spiro atoms. The van der Waals surface area contributed by atoms with E-state index in [4.69, 9.17) is 11.6 Å². The maximum Gasteiger partial charge on any atom is 0.274 e. The fourth-order valence-corrected chi connectivity index (χ4v) is 2.85. The number of benzene rings is 2. The van der Waals surface area contributed by atoms with Gasteiger partial charge < -0.3 is 10.2 Å². The monoisotopic (exact) mass is 379 g/mol. The fourth-order valence-electron chi connectivity index (χ4n) is 2.66. The van der Waals surface area contributed by atoms with Crippen molar-refractivity contribution < 1.29 is 9.59 Å². The number of halogens is 1. The summed E-state index contributed by atoms with van der Waals surface area (Å²) in [6.45, 7) is 2.41. The van der Waals surface area contributed by atoms with E-state index < -0.39 is 5.91 Å². The molecule has 0 bridgehead atoms.